The van der Waals surface area contributed by atoms with Gasteiger partial charge in [0.05, 0.1) is 5.41 Å². The number of hydrogen-bond acceptors (Lipinski definition) is 2. The Morgan fingerprint density at radius 1 is 0.458 bits per heavy atom. The molecule has 0 N–H and O–H groups in total. The second kappa shape index (κ2) is 9.59. The molecule has 2 nitrogen and oxygen atoms in total. The van der Waals surface area contributed by atoms with Crippen LogP contribution in [0.25, 0.3) is 33.4 Å². The zero-order valence-electron chi connectivity index (χ0n) is 26.4. The molecule has 0 saturated carbocycles. The molecule has 1 aliphatic carbocycles. The maximum absolute atomic E-state index is 6.55. The first-order chi connectivity index (χ1) is 23.8. The summed E-state index contributed by atoms with van der Waals surface area (Å²) in [6, 6.07) is 58.6. The van der Waals surface area contributed by atoms with Crippen molar-refractivity contribution in [3.63, 3.8) is 0 Å². The lowest BCUT2D eigenvalue weighted by atomic mass is 9.66. The van der Waals surface area contributed by atoms with Gasteiger partial charge in [0.15, 0.2) is 0 Å². The van der Waals surface area contributed by atoms with E-state index in [-0.39, 0.29) is 0 Å². The predicted molar refractivity (Wildman–Crippen MR) is 194 cm³/mol. The normalized spacial score (nSPS) is 16.7. The van der Waals surface area contributed by atoms with Crippen LogP contribution in [0.15, 0.2) is 158 Å². The maximum atomic E-state index is 6.55. The van der Waals surface area contributed by atoms with E-state index in [0.717, 1.165) is 24.3 Å². The first kappa shape index (κ1) is 26.2. The Morgan fingerprint density at radius 3 is 1.75 bits per heavy atom. The molecule has 4 aliphatic rings. The molecule has 1 spiro atoms. The molecule has 0 amide bonds. The fourth-order valence-corrected chi connectivity index (χ4v) is 9.37. The Labute approximate surface area is 280 Å². The largest absolute Gasteiger partial charge is 0.457 e. The average Bonchev–Trinajstić information content (AvgIpc) is 3.78. The summed E-state index contributed by atoms with van der Waals surface area (Å²) >= 11 is 0. The Bertz CT molecular complexity index is 2410. The summed E-state index contributed by atoms with van der Waals surface area (Å²) in [5.41, 5.74) is 18.0. The second-order valence-corrected chi connectivity index (χ2v) is 13.6. The molecule has 0 fully saturated rings. The predicted octanol–water partition coefficient (Wildman–Crippen LogP) is 11.1. The van der Waals surface area contributed by atoms with E-state index in [0.29, 0.717) is 6.04 Å². The van der Waals surface area contributed by atoms with Gasteiger partial charge in [-0.1, -0.05) is 121 Å². The van der Waals surface area contributed by atoms with Crippen LogP contribution in [0.1, 0.15) is 33.4 Å². The highest BCUT2D eigenvalue weighted by Crippen LogP contribution is 2.63. The van der Waals surface area contributed by atoms with E-state index in [9.17, 15) is 0 Å². The monoisotopic (exact) mass is 613 g/mol. The van der Waals surface area contributed by atoms with Crippen LogP contribution in [0.3, 0.4) is 0 Å². The van der Waals surface area contributed by atoms with Crippen LogP contribution in [0.5, 0.6) is 11.5 Å². The average molecular weight is 614 g/mol. The second-order valence-electron chi connectivity index (χ2n) is 13.6. The lowest BCUT2D eigenvalue weighted by Gasteiger charge is -2.39. The highest BCUT2D eigenvalue weighted by molar-refractivity contribution is 5.97. The minimum atomic E-state index is -0.449. The van der Waals surface area contributed by atoms with Gasteiger partial charge in [-0.05, 0) is 105 Å². The lowest BCUT2D eigenvalue weighted by molar-refractivity contribution is 0.436. The van der Waals surface area contributed by atoms with Gasteiger partial charge in [-0.15, -0.1) is 0 Å². The Kier molecular flexibility index (Phi) is 5.24. The van der Waals surface area contributed by atoms with Crippen LogP contribution in [-0.4, -0.2) is 6.04 Å². The number of nitrogens with zero attached hydrogens (tertiary/aromatic N) is 1. The van der Waals surface area contributed by atoms with Gasteiger partial charge in [0.2, 0.25) is 0 Å². The van der Waals surface area contributed by atoms with E-state index in [1.54, 1.807) is 0 Å². The van der Waals surface area contributed by atoms with Crippen molar-refractivity contribution in [1.29, 1.82) is 0 Å². The molecule has 1 unspecified atom stereocenters. The molecule has 7 aromatic carbocycles. The van der Waals surface area contributed by atoms with Crippen molar-refractivity contribution < 1.29 is 4.74 Å². The molecule has 0 bridgehead atoms. The van der Waals surface area contributed by atoms with E-state index in [1.807, 2.05) is 0 Å². The van der Waals surface area contributed by atoms with E-state index >= 15 is 0 Å². The molecule has 0 aromatic heterocycles. The van der Waals surface area contributed by atoms with E-state index in [4.69, 9.17) is 4.74 Å². The van der Waals surface area contributed by atoms with Crippen LogP contribution in [0.4, 0.5) is 11.4 Å². The molecule has 7 aromatic rings. The standard InChI is InChI=1S/C46H31NO/c1-2-11-29(12-3-1)30-21-23-41-32(25-30)27-34-28-33-26-31(22-24-42(33)47(34)41)35-14-10-18-40-45(35)36-13-4-5-15-37(36)46(40)38-16-6-8-19-43(38)48-44-20-9-7-17-39(44)46/h1-26,34H,27-28H2. The number of anilines is 2. The zero-order chi connectivity index (χ0) is 31.4. The third-order valence-electron chi connectivity index (χ3n) is 11.2. The Balaban J connectivity index is 1.06. The molecule has 48 heavy (non-hydrogen) atoms. The summed E-state index contributed by atoms with van der Waals surface area (Å²) in [6.45, 7) is 0. The highest BCUT2D eigenvalue weighted by Gasteiger charge is 2.51. The van der Waals surface area contributed by atoms with Gasteiger partial charge >= 0.3 is 0 Å². The number of rotatable bonds is 2. The molecular formula is C46H31NO. The van der Waals surface area contributed by atoms with Gasteiger partial charge in [0.25, 0.3) is 0 Å². The Hall–Kier alpha value is -5.86. The molecule has 2 heteroatoms. The fraction of sp³-hybridized carbons (Fsp3) is 0.0870. The molecular weight excluding hydrogens is 583 g/mol. The van der Waals surface area contributed by atoms with Gasteiger partial charge in [-0.25, -0.2) is 0 Å². The Morgan fingerprint density at radius 2 is 1.02 bits per heavy atom. The number of hydrogen-bond donors (Lipinski definition) is 0. The molecule has 11 rings (SSSR count). The smallest absolute Gasteiger partial charge is 0.132 e. The lowest BCUT2D eigenvalue weighted by Crippen LogP contribution is -2.32. The highest BCUT2D eigenvalue weighted by atomic mass is 16.5. The van der Waals surface area contributed by atoms with Crippen molar-refractivity contribution >= 4 is 11.4 Å². The van der Waals surface area contributed by atoms with E-state index in [2.05, 4.69) is 163 Å². The number of fused-ring (bicyclic) bond motifs is 14. The number of ether oxygens (including phenoxy) is 1. The van der Waals surface area contributed by atoms with Gasteiger partial charge in [-0.3, -0.25) is 0 Å². The minimum Gasteiger partial charge on any atom is -0.457 e. The first-order valence-electron chi connectivity index (χ1n) is 17.0. The van der Waals surface area contributed by atoms with Gasteiger partial charge in [-0.2, -0.15) is 0 Å². The third kappa shape index (κ3) is 3.37. The molecule has 226 valence electrons. The quantitative estimate of drug-likeness (QED) is 0.192. The van der Waals surface area contributed by atoms with Crippen LogP contribution in [-0.2, 0) is 18.3 Å². The number of benzene rings is 7. The van der Waals surface area contributed by atoms with Crippen molar-refractivity contribution in [3.05, 3.63) is 191 Å². The van der Waals surface area contributed by atoms with Gasteiger partial charge < -0.3 is 9.64 Å². The molecule has 1 atom stereocenters. The van der Waals surface area contributed by atoms with Crippen LogP contribution < -0.4 is 9.64 Å². The van der Waals surface area contributed by atoms with Crippen LogP contribution in [0, 0.1) is 0 Å². The first-order valence-corrected chi connectivity index (χ1v) is 17.0. The minimum absolute atomic E-state index is 0.449. The molecule has 0 radical (unpaired) electrons. The summed E-state index contributed by atoms with van der Waals surface area (Å²) in [5, 5.41) is 0. The van der Waals surface area contributed by atoms with Crippen molar-refractivity contribution in [2.45, 2.75) is 24.3 Å². The van der Waals surface area contributed by atoms with Crippen molar-refractivity contribution in [3.8, 4) is 44.9 Å². The summed E-state index contributed by atoms with van der Waals surface area (Å²) < 4.78 is 6.55. The van der Waals surface area contributed by atoms with E-state index < -0.39 is 5.41 Å². The maximum Gasteiger partial charge on any atom is 0.132 e. The van der Waals surface area contributed by atoms with Gasteiger partial charge in [0.1, 0.15) is 11.5 Å². The summed E-state index contributed by atoms with van der Waals surface area (Å²) in [6.07, 6.45) is 2.14. The van der Waals surface area contributed by atoms with E-state index in [1.165, 1.54) is 78.1 Å². The van der Waals surface area contributed by atoms with Gasteiger partial charge in [0, 0.05) is 28.5 Å². The summed E-state index contributed by atoms with van der Waals surface area (Å²) in [4.78, 5) is 2.60. The zero-order valence-corrected chi connectivity index (χ0v) is 26.4. The SMILES string of the molecule is c1ccc(-c2ccc3c(c2)CC2Cc4cc(-c5cccc6c5-c5ccccc5C65c6ccccc6Oc6ccccc65)ccc4N32)cc1. The molecule has 0 saturated heterocycles. The fourth-order valence-electron chi connectivity index (χ4n) is 9.37. The van der Waals surface area contributed by atoms with Crippen molar-refractivity contribution in [2.24, 2.45) is 0 Å². The van der Waals surface area contributed by atoms with Crippen LogP contribution in [0.2, 0.25) is 0 Å². The number of para-hydroxylation sites is 2. The summed E-state index contributed by atoms with van der Waals surface area (Å²) in [7, 11) is 0. The summed E-state index contributed by atoms with van der Waals surface area (Å²) in [5.74, 6) is 1.86. The van der Waals surface area contributed by atoms with Crippen molar-refractivity contribution in [1.82, 2.24) is 0 Å². The van der Waals surface area contributed by atoms with Crippen molar-refractivity contribution in [2.75, 3.05) is 4.90 Å². The molecule has 3 aliphatic heterocycles. The molecule has 3 heterocycles. The third-order valence-corrected chi connectivity index (χ3v) is 11.2. The van der Waals surface area contributed by atoms with Crippen LogP contribution >= 0.6 is 0 Å². The topological polar surface area (TPSA) is 12.5 Å².